The molecule has 1 fully saturated rings. The summed E-state index contributed by atoms with van der Waals surface area (Å²) in [6, 6.07) is -2.29. The lowest BCUT2D eigenvalue weighted by atomic mass is 10.2. The number of nitrogens with zero attached hydrogens (tertiary/aromatic N) is 3. The highest BCUT2D eigenvalue weighted by atomic mass is 32.1. The van der Waals surface area contributed by atoms with Gasteiger partial charge in [0.15, 0.2) is 6.04 Å². The fraction of sp³-hybridized carbons (Fsp3) is 0.462. The lowest BCUT2D eigenvalue weighted by Gasteiger charge is -2.32. The lowest BCUT2D eigenvalue weighted by molar-refractivity contribution is -0.153. The molecule has 1 aromatic rings. The van der Waals surface area contributed by atoms with Crippen LogP contribution in [-0.2, 0) is 14.4 Å². The standard InChI is InChI=1S/C13H16N4O5S/c1-3-16-4-5-17(11(19)10(16)18)13(22)15-9(12(20)21)8-6-23-7(2)14-8/h6,9H,3-5H2,1-2H3,(H,15,22)(H,20,21). The van der Waals surface area contributed by atoms with E-state index in [0.29, 0.717) is 11.6 Å². The van der Waals surface area contributed by atoms with E-state index in [1.807, 2.05) is 0 Å². The number of carboxylic acid groups (broad SMARTS) is 1. The second-order valence-corrected chi connectivity index (χ2v) is 5.92. The molecule has 1 aliphatic heterocycles. The van der Waals surface area contributed by atoms with Gasteiger partial charge in [0.25, 0.3) is 0 Å². The molecule has 0 spiro atoms. The van der Waals surface area contributed by atoms with Crippen LogP contribution < -0.4 is 5.32 Å². The third kappa shape index (κ3) is 3.47. The third-order valence-corrected chi connectivity index (χ3v) is 4.17. The molecule has 2 rings (SSSR count). The van der Waals surface area contributed by atoms with Crippen molar-refractivity contribution in [2.75, 3.05) is 19.6 Å². The van der Waals surface area contributed by atoms with E-state index in [1.165, 1.54) is 21.6 Å². The van der Waals surface area contributed by atoms with Crippen molar-refractivity contribution in [3.05, 3.63) is 16.1 Å². The minimum absolute atomic E-state index is 0.0205. The van der Waals surface area contributed by atoms with Gasteiger partial charge in [-0.05, 0) is 13.8 Å². The molecule has 1 aromatic heterocycles. The number of imide groups is 1. The van der Waals surface area contributed by atoms with Crippen molar-refractivity contribution in [3.8, 4) is 0 Å². The molecular weight excluding hydrogens is 324 g/mol. The van der Waals surface area contributed by atoms with Crippen LogP contribution in [0, 0.1) is 6.92 Å². The fourth-order valence-corrected chi connectivity index (χ4v) is 2.78. The van der Waals surface area contributed by atoms with Gasteiger partial charge in [-0.3, -0.25) is 14.5 Å². The highest BCUT2D eigenvalue weighted by molar-refractivity contribution is 7.09. The number of thiazole rings is 1. The van der Waals surface area contributed by atoms with Crippen LogP contribution in [0.1, 0.15) is 23.7 Å². The Labute approximate surface area is 135 Å². The molecule has 0 bridgehead atoms. The van der Waals surface area contributed by atoms with Crippen LogP contribution in [0.15, 0.2) is 5.38 Å². The molecule has 1 saturated heterocycles. The van der Waals surface area contributed by atoms with Gasteiger partial charge in [0.1, 0.15) is 0 Å². The van der Waals surface area contributed by atoms with Crippen LogP contribution in [0.2, 0.25) is 0 Å². The van der Waals surface area contributed by atoms with Gasteiger partial charge < -0.3 is 15.3 Å². The molecule has 0 saturated carbocycles. The topological polar surface area (TPSA) is 120 Å². The first kappa shape index (κ1) is 16.9. The molecule has 2 N–H and O–H groups in total. The van der Waals surface area contributed by atoms with Gasteiger partial charge in [0.2, 0.25) is 0 Å². The number of aromatic nitrogens is 1. The van der Waals surface area contributed by atoms with Crippen molar-refractivity contribution < 1.29 is 24.3 Å². The molecule has 1 unspecified atom stereocenters. The highest BCUT2D eigenvalue weighted by Gasteiger charge is 2.37. The number of urea groups is 1. The SMILES string of the molecule is CCN1CCN(C(=O)NC(C(=O)O)c2csc(C)n2)C(=O)C1=O. The number of hydrogen-bond donors (Lipinski definition) is 2. The zero-order valence-corrected chi connectivity index (χ0v) is 13.4. The number of piperazine rings is 1. The quantitative estimate of drug-likeness (QED) is 0.743. The summed E-state index contributed by atoms with van der Waals surface area (Å²) in [6.45, 7) is 4.05. The average molecular weight is 340 g/mol. The number of carbonyl (C=O) groups excluding carboxylic acids is 3. The first-order valence-electron chi connectivity index (χ1n) is 6.91. The van der Waals surface area contributed by atoms with Gasteiger partial charge in [-0.1, -0.05) is 0 Å². The van der Waals surface area contributed by atoms with Gasteiger partial charge >= 0.3 is 23.8 Å². The molecular formula is C13H16N4O5S. The Morgan fingerprint density at radius 3 is 2.61 bits per heavy atom. The number of carbonyl (C=O) groups is 4. The number of aliphatic carboxylic acids is 1. The van der Waals surface area contributed by atoms with E-state index in [2.05, 4.69) is 10.3 Å². The van der Waals surface area contributed by atoms with Crippen LogP contribution in [0.25, 0.3) is 0 Å². The monoisotopic (exact) mass is 340 g/mol. The number of carboxylic acids is 1. The van der Waals surface area contributed by atoms with Crippen LogP contribution in [0.5, 0.6) is 0 Å². The van der Waals surface area contributed by atoms with E-state index in [9.17, 15) is 24.3 Å². The van der Waals surface area contributed by atoms with Crippen molar-refractivity contribution in [2.24, 2.45) is 0 Å². The second kappa shape index (κ2) is 6.73. The summed E-state index contributed by atoms with van der Waals surface area (Å²) in [5, 5.41) is 13.7. The molecule has 124 valence electrons. The summed E-state index contributed by atoms with van der Waals surface area (Å²) in [5.74, 6) is -3.03. The maximum Gasteiger partial charge on any atom is 0.332 e. The molecule has 1 atom stereocenters. The van der Waals surface area contributed by atoms with E-state index in [4.69, 9.17) is 0 Å². The van der Waals surface area contributed by atoms with Crippen molar-refractivity contribution >= 4 is 35.2 Å². The van der Waals surface area contributed by atoms with Crippen molar-refractivity contribution in [1.29, 1.82) is 0 Å². The van der Waals surface area contributed by atoms with E-state index in [0.717, 1.165) is 4.90 Å². The van der Waals surface area contributed by atoms with E-state index < -0.39 is 29.9 Å². The van der Waals surface area contributed by atoms with E-state index in [1.54, 1.807) is 13.8 Å². The van der Waals surface area contributed by atoms with E-state index >= 15 is 0 Å². The van der Waals surface area contributed by atoms with E-state index in [-0.39, 0.29) is 18.8 Å². The normalized spacial score (nSPS) is 16.4. The zero-order valence-electron chi connectivity index (χ0n) is 12.6. The molecule has 10 heteroatoms. The summed E-state index contributed by atoms with van der Waals surface area (Å²) in [4.78, 5) is 53.3. The Kier molecular flexibility index (Phi) is 4.94. The minimum Gasteiger partial charge on any atom is -0.479 e. The average Bonchev–Trinajstić information content (AvgIpc) is 2.93. The van der Waals surface area contributed by atoms with Gasteiger partial charge in [0, 0.05) is 25.0 Å². The molecule has 0 aliphatic carbocycles. The molecule has 0 aromatic carbocycles. The largest absolute Gasteiger partial charge is 0.479 e. The Balaban J connectivity index is 2.12. The number of aryl methyl sites for hydroxylation is 1. The Morgan fingerprint density at radius 2 is 2.09 bits per heavy atom. The number of hydrogen-bond acceptors (Lipinski definition) is 6. The molecule has 1 aliphatic rings. The molecule has 9 nitrogen and oxygen atoms in total. The zero-order chi connectivity index (χ0) is 17.1. The molecule has 2 heterocycles. The second-order valence-electron chi connectivity index (χ2n) is 4.85. The smallest absolute Gasteiger partial charge is 0.332 e. The van der Waals surface area contributed by atoms with Crippen LogP contribution in [0.4, 0.5) is 4.79 Å². The Morgan fingerprint density at radius 1 is 1.39 bits per heavy atom. The van der Waals surface area contributed by atoms with Gasteiger partial charge in [-0.2, -0.15) is 0 Å². The summed E-state index contributed by atoms with van der Waals surface area (Å²) in [5.41, 5.74) is 0.180. The van der Waals surface area contributed by atoms with Gasteiger partial charge in [0.05, 0.1) is 10.7 Å². The third-order valence-electron chi connectivity index (χ3n) is 3.38. The highest BCUT2D eigenvalue weighted by Crippen LogP contribution is 2.17. The van der Waals surface area contributed by atoms with Gasteiger partial charge in [-0.25, -0.2) is 14.6 Å². The van der Waals surface area contributed by atoms with Crippen molar-refractivity contribution in [1.82, 2.24) is 20.1 Å². The van der Waals surface area contributed by atoms with Gasteiger partial charge in [-0.15, -0.1) is 11.3 Å². The minimum atomic E-state index is -1.38. The van der Waals surface area contributed by atoms with Crippen LogP contribution in [-0.4, -0.2) is 63.3 Å². The fourth-order valence-electron chi connectivity index (χ4n) is 2.15. The number of rotatable bonds is 4. The lowest BCUT2D eigenvalue weighted by Crippen LogP contribution is -2.58. The Hall–Kier alpha value is -2.49. The van der Waals surface area contributed by atoms with Crippen LogP contribution >= 0.6 is 11.3 Å². The predicted molar refractivity (Wildman–Crippen MR) is 79.7 cm³/mol. The van der Waals surface area contributed by atoms with Crippen molar-refractivity contribution in [2.45, 2.75) is 19.9 Å². The molecule has 23 heavy (non-hydrogen) atoms. The first-order chi connectivity index (χ1) is 10.8. The van der Waals surface area contributed by atoms with Crippen molar-refractivity contribution in [3.63, 3.8) is 0 Å². The maximum absolute atomic E-state index is 12.2. The summed E-state index contributed by atoms with van der Waals surface area (Å²) >= 11 is 1.25. The number of amides is 4. The predicted octanol–water partition coefficient (Wildman–Crippen LogP) is -0.0225. The summed E-state index contributed by atoms with van der Waals surface area (Å²) in [7, 11) is 0. The Bertz CT molecular complexity index is 659. The molecule has 0 radical (unpaired) electrons. The number of likely N-dealkylation sites (N-methyl/N-ethyl adjacent to an activating group) is 1. The first-order valence-corrected chi connectivity index (χ1v) is 7.79. The summed E-state index contributed by atoms with van der Waals surface area (Å²) < 4.78 is 0. The number of nitrogens with one attached hydrogen (secondary N) is 1. The maximum atomic E-state index is 12.2. The molecule has 4 amide bonds. The summed E-state index contributed by atoms with van der Waals surface area (Å²) in [6.07, 6.45) is 0. The van der Waals surface area contributed by atoms with Crippen LogP contribution in [0.3, 0.4) is 0 Å².